The number of pyridine rings is 1. The Labute approximate surface area is 112 Å². The number of benzene rings is 2. The molecule has 0 aliphatic rings. The molecule has 0 radical (unpaired) electrons. The van der Waals surface area contributed by atoms with E-state index in [1.807, 2.05) is 12.1 Å². The lowest BCUT2D eigenvalue weighted by molar-refractivity contribution is -0.601. The fourth-order valence-corrected chi connectivity index (χ4v) is 2.39. The summed E-state index contributed by atoms with van der Waals surface area (Å²) in [4.78, 5) is 0. The topological polar surface area (TPSA) is 13.1 Å². The number of ether oxygens (including phenoxy) is 1. The van der Waals surface area contributed by atoms with Crippen molar-refractivity contribution >= 4 is 10.8 Å². The van der Waals surface area contributed by atoms with Gasteiger partial charge in [0, 0.05) is 30.5 Å². The maximum Gasteiger partial charge on any atom is 0.211 e. The number of aryl methyl sites for hydroxylation is 1. The van der Waals surface area contributed by atoms with Gasteiger partial charge in [0.2, 0.25) is 5.69 Å². The molecule has 0 unspecified atom stereocenters. The number of hydrogen-bond donors (Lipinski definition) is 0. The van der Waals surface area contributed by atoms with Gasteiger partial charge in [0.1, 0.15) is 5.75 Å². The van der Waals surface area contributed by atoms with Crippen molar-refractivity contribution in [2.75, 3.05) is 7.11 Å². The van der Waals surface area contributed by atoms with Gasteiger partial charge in [-0.3, -0.25) is 0 Å². The van der Waals surface area contributed by atoms with E-state index in [9.17, 15) is 0 Å². The zero-order chi connectivity index (χ0) is 13.2. The van der Waals surface area contributed by atoms with E-state index in [1.54, 1.807) is 7.11 Å². The molecule has 0 N–H and O–H groups in total. The van der Waals surface area contributed by atoms with Crippen molar-refractivity contribution in [3.05, 3.63) is 66.5 Å². The molecule has 3 rings (SSSR count). The molecular weight excluding hydrogens is 234 g/mol. The van der Waals surface area contributed by atoms with E-state index >= 15 is 0 Å². The maximum atomic E-state index is 5.20. The van der Waals surface area contributed by atoms with Crippen molar-refractivity contribution < 1.29 is 9.30 Å². The highest BCUT2D eigenvalue weighted by Gasteiger charge is 2.13. The zero-order valence-corrected chi connectivity index (χ0v) is 11.1. The van der Waals surface area contributed by atoms with Crippen LogP contribution < -0.4 is 9.30 Å². The first kappa shape index (κ1) is 11.7. The maximum absolute atomic E-state index is 5.20. The van der Waals surface area contributed by atoms with Crippen LogP contribution in [-0.2, 0) is 0 Å². The number of fused-ring (bicyclic) bond motifs is 1. The first-order valence-electron chi connectivity index (χ1n) is 6.34. The van der Waals surface area contributed by atoms with Gasteiger partial charge < -0.3 is 4.74 Å². The first-order chi connectivity index (χ1) is 9.29. The summed E-state index contributed by atoms with van der Waals surface area (Å²) >= 11 is 0. The molecule has 0 atom stereocenters. The number of nitrogens with zero attached hydrogens (tertiary/aromatic N) is 1. The van der Waals surface area contributed by atoms with E-state index in [0.717, 1.165) is 11.4 Å². The predicted molar refractivity (Wildman–Crippen MR) is 76.8 cm³/mol. The minimum atomic E-state index is 0.878. The average molecular weight is 250 g/mol. The summed E-state index contributed by atoms with van der Waals surface area (Å²) in [7, 11) is 1.68. The van der Waals surface area contributed by atoms with E-state index in [2.05, 4.69) is 60.2 Å². The minimum absolute atomic E-state index is 0.878. The van der Waals surface area contributed by atoms with Gasteiger partial charge in [-0.05, 0) is 23.6 Å². The summed E-state index contributed by atoms with van der Waals surface area (Å²) in [5, 5.41) is 2.55. The van der Waals surface area contributed by atoms with Gasteiger partial charge in [0.15, 0.2) is 11.9 Å². The summed E-state index contributed by atoms with van der Waals surface area (Å²) in [5.41, 5.74) is 2.38. The Kier molecular flexibility index (Phi) is 2.92. The van der Waals surface area contributed by atoms with Gasteiger partial charge in [0.05, 0.1) is 7.11 Å². The Hall–Kier alpha value is -2.35. The molecule has 0 spiro atoms. The van der Waals surface area contributed by atoms with Gasteiger partial charge >= 0.3 is 0 Å². The molecule has 0 fully saturated rings. The van der Waals surface area contributed by atoms with Crippen LogP contribution in [0.2, 0.25) is 0 Å². The van der Waals surface area contributed by atoms with Crippen LogP contribution in [-0.4, -0.2) is 7.11 Å². The van der Waals surface area contributed by atoms with Crippen LogP contribution in [0.1, 0.15) is 5.69 Å². The van der Waals surface area contributed by atoms with Crippen molar-refractivity contribution in [1.29, 1.82) is 0 Å². The minimum Gasteiger partial charge on any atom is -0.497 e. The Bertz CT molecular complexity index is 717. The van der Waals surface area contributed by atoms with Gasteiger partial charge in [-0.25, -0.2) is 0 Å². The zero-order valence-electron chi connectivity index (χ0n) is 11.1. The fraction of sp³-hybridized carbons (Fsp3) is 0.118. The van der Waals surface area contributed by atoms with E-state index in [4.69, 9.17) is 4.74 Å². The number of aromatic nitrogens is 1. The standard InChI is InChI=1S/C17H16NO/c1-13-17-6-4-3-5-14(17)11-12-18(13)15-7-9-16(19-2)10-8-15/h3-12H,1-2H3/q+1. The smallest absolute Gasteiger partial charge is 0.211 e. The lowest BCUT2D eigenvalue weighted by atomic mass is 10.1. The highest BCUT2D eigenvalue weighted by molar-refractivity contribution is 5.83. The van der Waals surface area contributed by atoms with Crippen LogP contribution in [0.15, 0.2) is 60.8 Å². The van der Waals surface area contributed by atoms with Crippen molar-refractivity contribution in [2.45, 2.75) is 6.92 Å². The summed E-state index contributed by atoms with van der Waals surface area (Å²) in [5.74, 6) is 0.878. The molecular formula is C17H16NO+. The third-order valence-corrected chi connectivity index (χ3v) is 3.47. The quantitative estimate of drug-likeness (QED) is 0.635. The van der Waals surface area contributed by atoms with E-state index in [0.29, 0.717) is 0 Å². The van der Waals surface area contributed by atoms with Crippen molar-refractivity contribution in [3.8, 4) is 11.4 Å². The highest BCUT2D eigenvalue weighted by Crippen LogP contribution is 2.17. The summed E-state index contributed by atoms with van der Waals surface area (Å²) in [6.07, 6.45) is 2.11. The van der Waals surface area contributed by atoms with Gasteiger partial charge in [-0.1, -0.05) is 18.2 Å². The second kappa shape index (κ2) is 4.73. The molecule has 1 aromatic heterocycles. The lowest BCUT2D eigenvalue weighted by Gasteiger charge is -2.04. The Morgan fingerprint density at radius 2 is 1.63 bits per heavy atom. The summed E-state index contributed by atoms with van der Waals surface area (Å²) in [6, 6.07) is 18.7. The molecule has 0 bridgehead atoms. The monoisotopic (exact) mass is 250 g/mol. The fourth-order valence-electron chi connectivity index (χ4n) is 2.39. The van der Waals surface area contributed by atoms with E-state index in [-0.39, 0.29) is 0 Å². The van der Waals surface area contributed by atoms with Crippen LogP contribution in [0.4, 0.5) is 0 Å². The summed E-state index contributed by atoms with van der Waals surface area (Å²) < 4.78 is 7.39. The normalized spacial score (nSPS) is 10.6. The number of hydrogen-bond acceptors (Lipinski definition) is 1. The Morgan fingerprint density at radius 3 is 2.37 bits per heavy atom. The first-order valence-corrected chi connectivity index (χ1v) is 6.34. The van der Waals surface area contributed by atoms with Gasteiger partial charge in [-0.2, -0.15) is 4.57 Å². The molecule has 3 aromatic rings. The van der Waals surface area contributed by atoms with Gasteiger partial charge in [0.25, 0.3) is 0 Å². The van der Waals surface area contributed by atoms with Crippen LogP contribution in [0, 0.1) is 6.92 Å². The molecule has 2 nitrogen and oxygen atoms in total. The molecule has 19 heavy (non-hydrogen) atoms. The molecule has 0 aliphatic heterocycles. The van der Waals surface area contributed by atoms with Crippen molar-refractivity contribution in [1.82, 2.24) is 0 Å². The third kappa shape index (κ3) is 2.06. The van der Waals surface area contributed by atoms with Crippen LogP contribution in [0.5, 0.6) is 5.75 Å². The van der Waals surface area contributed by atoms with Gasteiger partial charge in [-0.15, -0.1) is 0 Å². The SMILES string of the molecule is COc1ccc(-[n+]2ccc3ccccc3c2C)cc1. The highest BCUT2D eigenvalue weighted by atomic mass is 16.5. The number of methoxy groups -OCH3 is 1. The molecule has 0 aliphatic carbocycles. The molecule has 94 valence electrons. The van der Waals surface area contributed by atoms with Crippen molar-refractivity contribution in [3.63, 3.8) is 0 Å². The second-order valence-electron chi connectivity index (χ2n) is 4.56. The van der Waals surface area contributed by atoms with Crippen LogP contribution in [0.25, 0.3) is 16.5 Å². The average Bonchev–Trinajstić information content (AvgIpc) is 2.48. The van der Waals surface area contributed by atoms with Crippen LogP contribution >= 0.6 is 0 Å². The Balaban J connectivity index is 2.16. The van der Waals surface area contributed by atoms with E-state index in [1.165, 1.54) is 16.5 Å². The third-order valence-electron chi connectivity index (χ3n) is 3.47. The molecule has 2 aromatic carbocycles. The molecule has 2 heteroatoms. The lowest BCUT2D eigenvalue weighted by Crippen LogP contribution is -2.33. The largest absolute Gasteiger partial charge is 0.497 e. The summed E-state index contributed by atoms with van der Waals surface area (Å²) in [6.45, 7) is 2.15. The van der Waals surface area contributed by atoms with Crippen LogP contribution in [0.3, 0.4) is 0 Å². The Morgan fingerprint density at radius 1 is 0.895 bits per heavy atom. The molecule has 1 heterocycles. The number of rotatable bonds is 2. The van der Waals surface area contributed by atoms with E-state index < -0.39 is 0 Å². The molecule has 0 amide bonds. The van der Waals surface area contributed by atoms with Crippen molar-refractivity contribution in [2.24, 2.45) is 0 Å². The predicted octanol–water partition coefficient (Wildman–Crippen LogP) is 3.43. The molecule has 0 saturated carbocycles. The molecule has 0 saturated heterocycles. The second-order valence-corrected chi connectivity index (χ2v) is 4.56.